The zero-order chi connectivity index (χ0) is 26.8. The lowest BCUT2D eigenvalue weighted by molar-refractivity contribution is -0.0579. The third kappa shape index (κ3) is 4.48. The fourth-order valence-corrected chi connectivity index (χ4v) is 5.19. The first-order chi connectivity index (χ1) is 18.0. The molecular formula is C25H25ClF4N6O2. The topological polar surface area (TPSA) is 84.3 Å². The number of hydrogen-bond acceptors (Lipinski definition) is 7. The number of nitrogens with one attached hydrogen (secondary N) is 2. The molecule has 2 fully saturated rings. The molecule has 8 nitrogen and oxygen atoms in total. The van der Waals surface area contributed by atoms with Crippen LogP contribution in [0.4, 0.5) is 40.7 Å². The summed E-state index contributed by atoms with van der Waals surface area (Å²) in [5.41, 5.74) is 0.767. The average molecular weight is 553 g/mol. The van der Waals surface area contributed by atoms with E-state index < -0.39 is 30.1 Å². The van der Waals surface area contributed by atoms with Crippen LogP contribution in [0.15, 0.2) is 29.2 Å². The van der Waals surface area contributed by atoms with Crippen LogP contribution in [0.5, 0.6) is 5.75 Å². The number of benzene rings is 1. The Kier molecular flexibility index (Phi) is 5.85. The number of anilines is 4. The van der Waals surface area contributed by atoms with E-state index in [4.69, 9.17) is 16.3 Å². The van der Waals surface area contributed by atoms with E-state index in [2.05, 4.69) is 20.6 Å². The zero-order valence-corrected chi connectivity index (χ0v) is 21.2. The van der Waals surface area contributed by atoms with Crippen molar-refractivity contribution in [3.63, 3.8) is 0 Å². The SMILES string of the molecule is Cn1c(=O)c2c(c3cc(Nc4nc(N5CCC(F)(F)CC5)ncc4Cl)ccc31)NC(C1CC1)C(F)(F)CO2. The molecule has 0 radical (unpaired) electrons. The molecule has 1 aliphatic carbocycles. The number of halogens is 5. The van der Waals surface area contributed by atoms with Gasteiger partial charge in [0.15, 0.2) is 12.4 Å². The molecule has 1 atom stereocenters. The van der Waals surface area contributed by atoms with Crippen molar-refractivity contribution < 1.29 is 22.3 Å². The molecule has 3 aromatic rings. The van der Waals surface area contributed by atoms with Gasteiger partial charge < -0.3 is 24.8 Å². The van der Waals surface area contributed by atoms with Crippen molar-refractivity contribution in [1.82, 2.24) is 14.5 Å². The third-order valence-corrected chi connectivity index (χ3v) is 7.66. The zero-order valence-electron chi connectivity index (χ0n) is 20.4. The highest BCUT2D eigenvalue weighted by molar-refractivity contribution is 6.32. The monoisotopic (exact) mass is 552 g/mol. The van der Waals surface area contributed by atoms with Crippen molar-refractivity contribution >= 4 is 45.6 Å². The summed E-state index contributed by atoms with van der Waals surface area (Å²) >= 11 is 6.34. The van der Waals surface area contributed by atoms with Gasteiger partial charge in [-0.3, -0.25) is 4.79 Å². The molecule has 3 aliphatic rings. The van der Waals surface area contributed by atoms with Gasteiger partial charge in [0.2, 0.25) is 11.7 Å². The van der Waals surface area contributed by atoms with E-state index in [0.29, 0.717) is 29.4 Å². The normalized spacial score (nSPS) is 22.3. The molecule has 1 aromatic carbocycles. The number of fused-ring (bicyclic) bond motifs is 3. The third-order valence-electron chi connectivity index (χ3n) is 7.38. The van der Waals surface area contributed by atoms with Gasteiger partial charge in [-0.2, -0.15) is 4.98 Å². The lowest BCUT2D eigenvalue weighted by Gasteiger charge is -2.31. The highest BCUT2D eigenvalue weighted by atomic mass is 35.5. The second kappa shape index (κ2) is 8.89. The van der Waals surface area contributed by atoms with Crippen molar-refractivity contribution in [1.29, 1.82) is 0 Å². The Morgan fingerprint density at radius 3 is 2.63 bits per heavy atom. The maximum atomic E-state index is 14.9. The highest BCUT2D eigenvalue weighted by Gasteiger charge is 2.51. The first-order valence-electron chi connectivity index (χ1n) is 12.4. The Labute approximate surface area is 220 Å². The molecular weight excluding hydrogens is 528 g/mol. The lowest BCUT2D eigenvalue weighted by atomic mass is 10.0. The summed E-state index contributed by atoms with van der Waals surface area (Å²) < 4.78 is 63.7. The van der Waals surface area contributed by atoms with E-state index in [9.17, 15) is 22.4 Å². The molecule has 0 bridgehead atoms. The Bertz CT molecular complexity index is 1470. The number of alkyl halides is 4. The van der Waals surface area contributed by atoms with Crippen molar-refractivity contribution in [3.8, 4) is 5.75 Å². The van der Waals surface area contributed by atoms with Gasteiger partial charge in [0.25, 0.3) is 11.5 Å². The molecule has 38 heavy (non-hydrogen) atoms. The number of ether oxygens (including phenoxy) is 1. The molecule has 0 amide bonds. The first-order valence-corrected chi connectivity index (χ1v) is 12.8. The lowest BCUT2D eigenvalue weighted by Crippen LogP contribution is -2.44. The maximum absolute atomic E-state index is 14.9. The predicted octanol–water partition coefficient (Wildman–Crippen LogP) is 5.18. The van der Waals surface area contributed by atoms with Gasteiger partial charge in [-0.1, -0.05) is 11.6 Å². The molecule has 2 N–H and O–H groups in total. The number of pyridine rings is 1. The van der Waals surface area contributed by atoms with Crippen LogP contribution in [-0.2, 0) is 7.05 Å². The van der Waals surface area contributed by atoms with Crippen molar-refractivity contribution in [2.75, 3.05) is 35.2 Å². The van der Waals surface area contributed by atoms with Gasteiger partial charge in [0.05, 0.1) is 23.4 Å². The minimum absolute atomic E-state index is 0.114. The van der Waals surface area contributed by atoms with E-state index in [-0.39, 0.29) is 60.1 Å². The standard InChI is InChI=1S/C25H25ClF4N6O2/c1-35-17-5-4-14(32-21-16(26)11-31-23(34-21)36-8-6-24(27,28)7-9-36)10-15(17)18-19(22(35)37)38-12-25(29,30)20(33-18)13-2-3-13/h4-5,10-11,13,20,33H,2-3,6-9,12H2,1H3,(H,31,32,34). The Morgan fingerprint density at radius 2 is 1.92 bits per heavy atom. The van der Waals surface area contributed by atoms with Gasteiger partial charge in [-0.15, -0.1) is 0 Å². The summed E-state index contributed by atoms with van der Waals surface area (Å²) in [6, 6.07) is 3.96. The molecule has 1 saturated carbocycles. The largest absolute Gasteiger partial charge is 0.480 e. The van der Waals surface area contributed by atoms with Gasteiger partial charge in [-0.25, -0.2) is 22.5 Å². The summed E-state index contributed by atoms with van der Waals surface area (Å²) in [7, 11) is 1.55. The fourth-order valence-electron chi connectivity index (χ4n) is 5.05. The summed E-state index contributed by atoms with van der Waals surface area (Å²) in [5, 5.41) is 6.79. The van der Waals surface area contributed by atoms with Crippen molar-refractivity contribution in [2.24, 2.45) is 13.0 Å². The predicted molar refractivity (Wildman–Crippen MR) is 136 cm³/mol. The Morgan fingerprint density at radius 1 is 1.18 bits per heavy atom. The molecule has 6 rings (SSSR count). The van der Waals surface area contributed by atoms with E-state index in [0.717, 1.165) is 0 Å². The number of nitrogens with zero attached hydrogens (tertiary/aromatic N) is 4. The number of hydrogen-bond donors (Lipinski definition) is 2. The number of piperidine rings is 1. The van der Waals surface area contributed by atoms with Crippen molar-refractivity contribution in [2.45, 2.75) is 43.6 Å². The van der Waals surface area contributed by atoms with Crippen LogP contribution in [0.25, 0.3) is 10.9 Å². The fraction of sp³-hybridized carbons (Fsp3) is 0.480. The summed E-state index contributed by atoms with van der Waals surface area (Å²) in [6.45, 7) is -0.653. The van der Waals surface area contributed by atoms with Crippen LogP contribution in [0.2, 0.25) is 5.02 Å². The van der Waals surface area contributed by atoms with Crippen LogP contribution in [0, 0.1) is 5.92 Å². The van der Waals surface area contributed by atoms with E-state index in [1.165, 1.54) is 10.8 Å². The minimum Gasteiger partial charge on any atom is -0.480 e. The smallest absolute Gasteiger partial charge is 0.301 e. The number of aromatic nitrogens is 3. The van der Waals surface area contributed by atoms with Crippen LogP contribution < -0.4 is 25.8 Å². The first kappa shape index (κ1) is 25.0. The average Bonchev–Trinajstić information content (AvgIpc) is 3.71. The Balaban J connectivity index is 1.36. The highest BCUT2D eigenvalue weighted by Crippen LogP contribution is 2.45. The molecule has 2 aliphatic heterocycles. The number of rotatable bonds is 4. The second-order valence-electron chi connectivity index (χ2n) is 10.1. The van der Waals surface area contributed by atoms with Gasteiger partial charge >= 0.3 is 5.92 Å². The van der Waals surface area contributed by atoms with E-state index in [1.807, 2.05) is 0 Å². The van der Waals surface area contributed by atoms with Gasteiger partial charge in [0.1, 0.15) is 5.02 Å². The maximum Gasteiger partial charge on any atom is 0.301 e. The molecule has 4 heterocycles. The molecule has 13 heteroatoms. The van der Waals surface area contributed by atoms with Crippen LogP contribution in [-0.4, -0.2) is 52.1 Å². The molecule has 1 unspecified atom stereocenters. The molecule has 2 aromatic heterocycles. The van der Waals surface area contributed by atoms with Gasteiger partial charge in [-0.05, 0) is 37.0 Å². The van der Waals surface area contributed by atoms with E-state index >= 15 is 0 Å². The minimum atomic E-state index is -3.14. The second-order valence-corrected chi connectivity index (χ2v) is 10.6. The summed E-state index contributed by atoms with van der Waals surface area (Å²) in [6.07, 6.45) is 2.19. The van der Waals surface area contributed by atoms with Crippen LogP contribution >= 0.6 is 11.6 Å². The molecule has 202 valence electrons. The Hall–Kier alpha value is -3.28. The van der Waals surface area contributed by atoms with Crippen molar-refractivity contribution in [3.05, 3.63) is 39.8 Å². The van der Waals surface area contributed by atoms with Gasteiger partial charge in [0, 0.05) is 44.1 Å². The van der Waals surface area contributed by atoms with Crippen LogP contribution in [0.3, 0.4) is 0 Å². The quantitative estimate of drug-likeness (QED) is 0.432. The van der Waals surface area contributed by atoms with E-state index in [1.54, 1.807) is 30.1 Å². The number of aryl methyl sites for hydroxylation is 1. The molecule has 0 spiro atoms. The van der Waals surface area contributed by atoms with Crippen LogP contribution in [0.1, 0.15) is 25.7 Å². The summed E-state index contributed by atoms with van der Waals surface area (Å²) in [4.78, 5) is 23.3. The summed E-state index contributed by atoms with van der Waals surface area (Å²) in [5.74, 6) is -5.66. The molecule has 1 saturated heterocycles.